The van der Waals surface area contributed by atoms with E-state index in [0.717, 1.165) is 5.56 Å². The zero-order chi connectivity index (χ0) is 19.0. The zero-order valence-corrected chi connectivity index (χ0v) is 15.8. The maximum Gasteiger partial charge on any atom is 0.353 e. The molecule has 4 nitrogen and oxygen atoms in total. The first-order chi connectivity index (χ1) is 13.0. The van der Waals surface area contributed by atoms with Gasteiger partial charge in [-0.1, -0.05) is 29.8 Å². The van der Waals surface area contributed by atoms with Crippen molar-refractivity contribution in [3.8, 4) is 11.5 Å². The predicted octanol–water partition coefficient (Wildman–Crippen LogP) is 5.55. The molecular formula is C21H13ClO4S. The van der Waals surface area contributed by atoms with E-state index in [1.807, 2.05) is 6.07 Å². The van der Waals surface area contributed by atoms with E-state index in [-0.39, 0.29) is 11.5 Å². The fourth-order valence-electron chi connectivity index (χ4n) is 2.84. The van der Waals surface area contributed by atoms with E-state index >= 15 is 0 Å². The number of esters is 1. The van der Waals surface area contributed by atoms with Gasteiger partial charge < -0.3 is 9.47 Å². The summed E-state index contributed by atoms with van der Waals surface area (Å²) in [7, 11) is 0. The third-order valence-corrected chi connectivity index (χ3v) is 5.11. The van der Waals surface area contributed by atoms with Crippen molar-refractivity contribution in [3.63, 3.8) is 0 Å². The Morgan fingerprint density at radius 3 is 2.78 bits per heavy atom. The highest BCUT2D eigenvalue weighted by Crippen LogP contribution is 2.37. The molecule has 0 fully saturated rings. The Morgan fingerprint density at radius 2 is 2.04 bits per heavy atom. The molecule has 0 saturated heterocycles. The molecule has 0 radical (unpaired) electrons. The van der Waals surface area contributed by atoms with E-state index in [1.54, 1.807) is 60.8 Å². The van der Waals surface area contributed by atoms with E-state index in [0.29, 0.717) is 32.5 Å². The Kier molecular flexibility index (Phi) is 4.56. The molecule has 0 amide bonds. The van der Waals surface area contributed by atoms with E-state index in [4.69, 9.17) is 21.1 Å². The van der Waals surface area contributed by atoms with Gasteiger partial charge in [-0.3, -0.25) is 4.79 Å². The van der Waals surface area contributed by atoms with E-state index in [2.05, 4.69) is 0 Å². The molecule has 0 spiro atoms. The van der Waals surface area contributed by atoms with Crippen molar-refractivity contribution in [1.29, 1.82) is 0 Å². The molecule has 0 N–H and O–H groups in total. The number of hydrogen-bond donors (Lipinski definition) is 0. The average molecular weight is 397 g/mol. The first-order valence-corrected chi connectivity index (χ1v) is 9.37. The summed E-state index contributed by atoms with van der Waals surface area (Å²) in [5.41, 5.74) is 1.92. The van der Waals surface area contributed by atoms with Crippen LogP contribution in [0.4, 0.5) is 0 Å². The van der Waals surface area contributed by atoms with Gasteiger partial charge in [0.25, 0.3) is 0 Å². The number of carbonyl (C=O) groups excluding carboxylic acids is 2. The van der Waals surface area contributed by atoms with Gasteiger partial charge in [0.2, 0.25) is 5.78 Å². The quantitative estimate of drug-likeness (QED) is 0.331. The second-order valence-electron chi connectivity index (χ2n) is 5.97. The maximum atomic E-state index is 12.7. The lowest BCUT2D eigenvalue weighted by Gasteiger charge is -2.06. The summed E-state index contributed by atoms with van der Waals surface area (Å²) in [6, 6.07) is 13.8. The van der Waals surface area contributed by atoms with Crippen molar-refractivity contribution in [1.82, 2.24) is 0 Å². The molecule has 0 atom stereocenters. The third kappa shape index (κ3) is 3.52. The second-order valence-corrected chi connectivity index (χ2v) is 7.36. The molecule has 0 bridgehead atoms. The van der Waals surface area contributed by atoms with Gasteiger partial charge in [0, 0.05) is 11.1 Å². The first kappa shape index (κ1) is 17.5. The number of rotatable bonds is 3. The van der Waals surface area contributed by atoms with Crippen LogP contribution < -0.4 is 9.47 Å². The molecule has 4 rings (SSSR count). The summed E-state index contributed by atoms with van der Waals surface area (Å²) in [5, 5.41) is 2.38. The summed E-state index contributed by atoms with van der Waals surface area (Å²) in [6.07, 6.45) is 1.64. The minimum Gasteiger partial charge on any atom is -0.452 e. The number of aryl methyl sites for hydroxylation is 1. The van der Waals surface area contributed by atoms with Crippen molar-refractivity contribution in [2.24, 2.45) is 0 Å². The smallest absolute Gasteiger partial charge is 0.353 e. The van der Waals surface area contributed by atoms with Crippen LogP contribution in [0.3, 0.4) is 0 Å². The molecule has 3 aromatic rings. The Balaban J connectivity index is 1.63. The topological polar surface area (TPSA) is 52.6 Å². The van der Waals surface area contributed by atoms with Gasteiger partial charge in [-0.25, -0.2) is 4.79 Å². The third-order valence-electron chi connectivity index (χ3n) is 4.02. The monoisotopic (exact) mass is 396 g/mol. The van der Waals surface area contributed by atoms with Gasteiger partial charge in [-0.15, -0.1) is 11.3 Å². The standard InChI is InChI=1S/C21H13ClO4S/c1-12-8-15(25-21(24)18-6-3-7-27-18)11-16-19(12)20(23)17(26-16)10-13-4-2-5-14(22)9-13/h2-11H,1H3/b17-10-. The molecule has 134 valence electrons. The van der Waals surface area contributed by atoms with Crippen LogP contribution in [0, 0.1) is 6.92 Å². The summed E-state index contributed by atoms with van der Waals surface area (Å²) in [6.45, 7) is 1.78. The lowest BCUT2D eigenvalue weighted by atomic mass is 10.0. The normalized spacial score (nSPS) is 14.1. The Morgan fingerprint density at radius 1 is 1.19 bits per heavy atom. The molecule has 2 aromatic carbocycles. The number of allylic oxidation sites excluding steroid dienone is 1. The maximum absolute atomic E-state index is 12.7. The number of fused-ring (bicyclic) bond motifs is 1. The summed E-state index contributed by atoms with van der Waals surface area (Å²) >= 11 is 7.29. The lowest BCUT2D eigenvalue weighted by molar-refractivity contribution is 0.0739. The fraction of sp³-hybridized carbons (Fsp3) is 0.0476. The zero-order valence-electron chi connectivity index (χ0n) is 14.2. The number of halogens is 1. The number of hydrogen-bond acceptors (Lipinski definition) is 5. The van der Waals surface area contributed by atoms with Crippen LogP contribution in [0.1, 0.15) is 31.2 Å². The van der Waals surface area contributed by atoms with E-state index in [9.17, 15) is 9.59 Å². The van der Waals surface area contributed by atoms with Crippen molar-refractivity contribution in [3.05, 3.63) is 86.3 Å². The molecule has 6 heteroatoms. The minimum absolute atomic E-state index is 0.206. The Labute approximate surface area is 164 Å². The van der Waals surface area contributed by atoms with Crippen LogP contribution in [-0.2, 0) is 0 Å². The van der Waals surface area contributed by atoms with Crippen molar-refractivity contribution in [2.45, 2.75) is 6.92 Å². The van der Waals surface area contributed by atoms with Crippen LogP contribution in [0.5, 0.6) is 11.5 Å². The molecule has 0 saturated carbocycles. The van der Waals surface area contributed by atoms with E-state index in [1.165, 1.54) is 11.3 Å². The van der Waals surface area contributed by atoms with Crippen LogP contribution in [-0.4, -0.2) is 11.8 Å². The Bertz CT molecular complexity index is 1080. The molecule has 1 aromatic heterocycles. The average Bonchev–Trinajstić information content (AvgIpc) is 3.24. The molecule has 0 aliphatic carbocycles. The largest absolute Gasteiger partial charge is 0.452 e. The Hall–Kier alpha value is -2.89. The lowest BCUT2D eigenvalue weighted by Crippen LogP contribution is -2.06. The molecule has 0 unspecified atom stereocenters. The highest BCUT2D eigenvalue weighted by molar-refractivity contribution is 7.12. The van der Waals surface area contributed by atoms with Gasteiger partial charge in [0.1, 0.15) is 16.4 Å². The van der Waals surface area contributed by atoms with Crippen molar-refractivity contribution >= 4 is 40.8 Å². The predicted molar refractivity (Wildman–Crippen MR) is 105 cm³/mol. The molecule has 2 heterocycles. The van der Waals surface area contributed by atoms with Crippen LogP contribution in [0.2, 0.25) is 5.02 Å². The fourth-order valence-corrected chi connectivity index (χ4v) is 3.63. The highest BCUT2D eigenvalue weighted by Gasteiger charge is 2.30. The number of Topliss-reactive ketones (excluding diaryl/α,β-unsaturated/α-hetero) is 1. The summed E-state index contributed by atoms with van der Waals surface area (Å²) in [4.78, 5) is 25.3. The van der Waals surface area contributed by atoms with Crippen LogP contribution >= 0.6 is 22.9 Å². The second kappa shape index (κ2) is 7.02. The number of ketones is 1. The molecular weight excluding hydrogens is 384 g/mol. The van der Waals surface area contributed by atoms with Crippen molar-refractivity contribution in [2.75, 3.05) is 0 Å². The first-order valence-electron chi connectivity index (χ1n) is 8.11. The molecule has 1 aliphatic heterocycles. The van der Waals surface area contributed by atoms with Gasteiger partial charge in [-0.05, 0) is 53.8 Å². The van der Waals surface area contributed by atoms with Gasteiger partial charge in [-0.2, -0.15) is 0 Å². The van der Waals surface area contributed by atoms with Crippen LogP contribution in [0.25, 0.3) is 6.08 Å². The van der Waals surface area contributed by atoms with Gasteiger partial charge >= 0.3 is 5.97 Å². The number of ether oxygens (including phenoxy) is 2. The molecule has 27 heavy (non-hydrogen) atoms. The van der Waals surface area contributed by atoms with Crippen molar-refractivity contribution < 1.29 is 19.1 Å². The van der Waals surface area contributed by atoms with Gasteiger partial charge in [0.05, 0.1) is 5.56 Å². The molecule has 1 aliphatic rings. The minimum atomic E-state index is -0.441. The summed E-state index contributed by atoms with van der Waals surface area (Å²) in [5.74, 6) is 0.266. The number of carbonyl (C=O) groups is 2. The van der Waals surface area contributed by atoms with E-state index < -0.39 is 5.97 Å². The van der Waals surface area contributed by atoms with Gasteiger partial charge in [0.15, 0.2) is 5.76 Å². The number of benzene rings is 2. The SMILES string of the molecule is Cc1cc(OC(=O)c2cccs2)cc2c1C(=O)/C(=C/c1cccc(Cl)c1)O2. The summed E-state index contributed by atoms with van der Waals surface area (Å²) < 4.78 is 11.1. The van der Waals surface area contributed by atoms with Crippen LogP contribution in [0.15, 0.2) is 59.7 Å². The number of thiophene rings is 1. The highest BCUT2D eigenvalue weighted by atomic mass is 35.5.